The fraction of sp³-hybridized carbons (Fsp3) is 0. The second kappa shape index (κ2) is 4.40. The van der Waals surface area contributed by atoms with Crippen LogP contribution < -0.4 is 0 Å². The quantitative estimate of drug-likeness (QED) is 0.608. The molecule has 4 heteroatoms. The molecule has 0 saturated heterocycles. The third kappa shape index (κ3) is 1.90. The molecular weight excluding hydrogens is 198 g/mol. The van der Waals surface area contributed by atoms with Crippen LogP contribution in [0.5, 0.6) is 0 Å². The van der Waals surface area contributed by atoms with Crippen molar-refractivity contribution in [3.63, 3.8) is 0 Å². The largest absolute Gasteiger partial charge is 0.478 e. The molecule has 0 aliphatic heterocycles. The predicted octanol–water partition coefficient (Wildman–Crippen LogP) is 2.27. The standard InChI is InChI=1S/C10H7NO2S/c1-2-3-8(10(12)13)9-7(6-11)4-5-14-9/h2-5H,1H2,(H,12,13). The van der Waals surface area contributed by atoms with Crippen LogP contribution in [-0.2, 0) is 4.79 Å². The highest BCUT2D eigenvalue weighted by molar-refractivity contribution is 7.11. The van der Waals surface area contributed by atoms with Crippen molar-refractivity contribution < 1.29 is 9.90 Å². The molecule has 3 nitrogen and oxygen atoms in total. The maximum absolute atomic E-state index is 10.8. The number of carboxylic acid groups (broad SMARTS) is 1. The molecule has 0 bridgehead atoms. The van der Waals surface area contributed by atoms with Crippen molar-refractivity contribution in [3.05, 3.63) is 40.6 Å². The summed E-state index contributed by atoms with van der Waals surface area (Å²) in [4.78, 5) is 11.3. The number of nitriles is 1. The van der Waals surface area contributed by atoms with Crippen molar-refractivity contribution in [2.24, 2.45) is 0 Å². The Balaban J connectivity index is 3.26. The highest BCUT2D eigenvalue weighted by Crippen LogP contribution is 2.25. The summed E-state index contributed by atoms with van der Waals surface area (Å²) in [5.74, 6) is -1.05. The zero-order valence-corrected chi connectivity index (χ0v) is 8.04. The smallest absolute Gasteiger partial charge is 0.337 e. The van der Waals surface area contributed by atoms with Gasteiger partial charge in [0.1, 0.15) is 6.07 Å². The van der Waals surface area contributed by atoms with Gasteiger partial charge < -0.3 is 5.11 Å². The van der Waals surface area contributed by atoms with Crippen molar-refractivity contribution >= 4 is 22.9 Å². The first kappa shape index (κ1) is 10.2. The van der Waals surface area contributed by atoms with Crippen LogP contribution in [0.25, 0.3) is 5.57 Å². The van der Waals surface area contributed by atoms with Gasteiger partial charge in [0.2, 0.25) is 0 Å². The topological polar surface area (TPSA) is 61.1 Å². The van der Waals surface area contributed by atoms with Crippen molar-refractivity contribution in [2.75, 3.05) is 0 Å². The van der Waals surface area contributed by atoms with Crippen molar-refractivity contribution in [2.45, 2.75) is 0 Å². The molecule has 1 heterocycles. The lowest BCUT2D eigenvalue weighted by atomic mass is 10.1. The average molecular weight is 205 g/mol. The molecule has 0 fully saturated rings. The summed E-state index contributed by atoms with van der Waals surface area (Å²) in [5.41, 5.74) is 0.483. The molecule has 0 aromatic carbocycles. The lowest BCUT2D eigenvalue weighted by molar-refractivity contribution is -0.130. The summed E-state index contributed by atoms with van der Waals surface area (Å²) in [6.45, 7) is 3.43. The average Bonchev–Trinajstić information content (AvgIpc) is 2.61. The van der Waals surface area contributed by atoms with E-state index in [1.54, 1.807) is 11.4 Å². The molecule has 0 radical (unpaired) electrons. The van der Waals surface area contributed by atoms with E-state index in [-0.39, 0.29) is 5.57 Å². The third-order valence-corrected chi connectivity index (χ3v) is 2.49. The molecule has 1 rings (SSSR count). The molecule has 14 heavy (non-hydrogen) atoms. The number of aliphatic carboxylic acids is 1. The van der Waals surface area contributed by atoms with E-state index < -0.39 is 5.97 Å². The molecule has 1 aromatic heterocycles. The molecule has 0 aliphatic rings. The molecule has 1 aromatic rings. The van der Waals surface area contributed by atoms with E-state index in [2.05, 4.69) is 6.58 Å². The summed E-state index contributed by atoms with van der Waals surface area (Å²) in [6, 6.07) is 3.54. The second-order valence-electron chi connectivity index (χ2n) is 2.40. The van der Waals surface area contributed by atoms with E-state index in [9.17, 15) is 4.79 Å². The van der Waals surface area contributed by atoms with Gasteiger partial charge in [-0.2, -0.15) is 5.26 Å². The maximum atomic E-state index is 10.8. The zero-order valence-electron chi connectivity index (χ0n) is 7.23. The number of hydrogen-bond donors (Lipinski definition) is 1. The molecule has 0 aliphatic carbocycles. The number of carbonyl (C=O) groups is 1. The zero-order chi connectivity index (χ0) is 10.6. The number of nitrogens with zero attached hydrogens (tertiary/aromatic N) is 1. The minimum absolute atomic E-state index is 0.103. The van der Waals surface area contributed by atoms with Crippen molar-refractivity contribution in [1.29, 1.82) is 5.26 Å². The second-order valence-corrected chi connectivity index (χ2v) is 3.31. The Labute approximate surface area is 85.2 Å². The molecule has 0 unspecified atom stereocenters. The Morgan fingerprint density at radius 2 is 2.43 bits per heavy atom. The lowest BCUT2D eigenvalue weighted by Gasteiger charge is -1.97. The number of thiophene rings is 1. The van der Waals surface area contributed by atoms with Crippen LogP contribution in [0.1, 0.15) is 10.4 Å². The third-order valence-electron chi connectivity index (χ3n) is 1.55. The van der Waals surface area contributed by atoms with Crippen molar-refractivity contribution in [1.82, 2.24) is 0 Å². The van der Waals surface area contributed by atoms with Gasteiger partial charge in [-0.25, -0.2) is 4.79 Å². The van der Waals surface area contributed by atoms with Gasteiger partial charge in [0.25, 0.3) is 0 Å². The number of carboxylic acids is 1. The molecule has 0 spiro atoms. The van der Waals surface area contributed by atoms with E-state index in [1.807, 2.05) is 6.07 Å². The van der Waals surface area contributed by atoms with E-state index in [0.717, 1.165) is 0 Å². The number of hydrogen-bond acceptors (Lipinski definition) is 3. The van der Waals surface area contributed by atoms with Crippen molar-refractivity contribution in [3.8, 4) is 6.07 Å². The maximum Gasteiger partial charge on any atom is 0.337 e. The van der Waals surface area contributed by atoms with Crippen LogP contribution >= 0.6 is 11.3 Å². The first-order valence-electron chi connectivity index (χ1n) is 3.74. The SMILES string of the molecule is C=CC=C(C(=O)O)c1sccc1C#N. The van der Waals surface area contributed by atoms with Gasteiger partial charge in [-0.3, -0.25) is 0 Å². The summed E-state index contributed by atoms with van der Waals surface area (Å²) in [6.07, 6.45) is 2.78. The highest BCUT2D eigenvalue weighted by Gasteiger charge is 2.14. The minimum atomic E-state index is -1.05. The minimum Gasteiger partial charge on any atom is -0.478 e. The van der Waals surface area contributed by atoms with Gasteiger partial charge in [-0.05, 0) is 17.5 Å². The summed E-state index contributed by atoms with van der Waals surface area (Å²) in [7, 11) is 0. The molecule has 0 saturated carbocycles. The van der Waals surface area contributed by atoms with Crippen LogP contribution in [0, 0.1) is 11.3 Å². The first-order chi connectivity index (χ1) is 6.70. The van der Waals surface area contributed by atoms with Crippen LogP contribution in [0.3, 0.4) is 0 Å². The normalized spacial score (nSPS) is 10.6. The van der Waals surface area contributed by atoms with Gasteiger partial charge in [-0.1, -0.05) is 12.7 Å². The van der Waals surface area contributed by atoms with Crippen LogP contribution in [0.2, 0.25) is 0 Å². The van der Waals surface area contributed by atoms with Gasteiger partial charge in [0.05, 0.1) is 16.0 Å². The Morgan fingerprint density at radius 3 is 2.93 bits per heavy atom. The summed E-state index contributed by atoms with van der Waals surface area (Å²) in [5, 5.41) is 19.3. The fourth-order valence-electron chi connectivity index (χ4n) is 0.968. The predicted molar refractivity (Wildman–Crippen MR) is 54.8 cm³/mol. The molecule has 70 valence electrons. The monoisotopic (exact) mass is 205 g/mol. The van der Waals surface area contributed by atoms with Gasteiger partial charge in [-0.15, -0.1) is 11.3 Å². The van der Waals surface area contributed by atoms with E-state index in [0.29, 0.717) is 10.4 Å². The Morgan fingerprint density at radius 1 is 1.71 bits per heavy atom. The van der Waals surface area contributed by atoms with Crippen LogP contribution in [0.4, 0.5) is 0 Å². The molecular formula is C10H7NO2S. The number of rotatable bonds is 3. The Hall–Kier alpha value is -1.86. The van der Waals surface area contributed by atoms with E-state index in [1.165, 1.54) is 23.5 Å². The van der Waals surface area contributed by atoms with Gasteiger partial charge >= 0.3 is 5.97 Å². The summed E-state index contributed by atoms with van der Waals surface area (Å²) >= 11 is 1.23. The van der Waals surface area contributed by atoms with Gasteiger partial charge in [0, 0.05) is 0 Å². The molecule has 0 atom stereocenters. The highest BCUT2D eigenvalue weighted by atomic mass is 32.1. The Bertz CT molecular complexity index is 437. The van der Waals surface area contributed by atoms with Crippen LogP contribution in [0.15, 0.2) is 30.2 Å². The van der Waals surface area contributed by atoms with E-state index in [4.69, 9.17) is 10.4 Å². The molecule has 1 N–H and O–H groups in total. The summed E-state index contributed by atoms with van der Waals surface area (Å²) < 4.78 is 0. The fourth-order valence-corrected chi connectivity index (χ4v) is 1.83. The van der Waals surface area contributed by atoms with Gasteiger partial charge in [0.15, 0.2) is 0 Å². The van der Waals surface area contributed by atoms with Crippen LogP contribution in [-0.4, -0.2) is 11.1 Å². The number of allylic oxidation sites excluding steroid dienone is 2. The Kier molecular flexibility index (Phi) is 3.21. The van der Waals surface area contributed by atoms with E-state index >= 15 is 0 Å². The lowest BCUT2D eigenvalue weighted by Crippen LogP contribution is -1.98. The molecule has 0 amide bonds. The first-order valence-corrected chi connectivity index (χ1v) is 4.62.